The Kier molecular flexibility index (Phi) is 6.44. The van der Waals surface area contributed by atoms with E-state index < -0.39 is 0 Å². The molecule has 1 fully saturated rings. The van der Waals surface area contributed by atoms with E-state index in [0.717, 1.165) is 49.2 Å². The van der Waals surface area contributed by atoms with Crippen molar-refractivity contribution >= 4 is 29.1 Å². The lowest BCUT2D eigenvalue weighted by atomic mass is 9.99. The van der Waals surface area contributed by atoms with E-state index in [0.29, 0.717) is 23.5 Å². The van der Waals surface area contributed by atoms with Gasteiger partial charge in [0.05, 0.1) is 12.8 Å². The molecule has 0 radical (unpaired) electrons. The van der Waals surface area contributed by atoms with Gasteiger partial charge in [0.1, 0.15) is 17.3 Å². The van der Waals surface area contributed by atoms with Gasteiger partial charge < -0.3 is 24.7 Å². The highest BCUT2D eigenvalue weighted by atomic mass is 32.1. The second kappa shape index (κ2) is 9.58. The zero-order chi connectivity index (χ0) is 20.8. The predicted octanol–water partition coefficient (Wildman–Crippen LogP) is 4.58. The number of thiocarbonyl (C=S) groups is 1. The van der Waals surface area contributed by atoms with Crippen LogP contribution < -0.4 is 20.3 Å². The van der Waals surface area contributed by atoms with Crippen LogP contribution in [-0.2, 0) is 6.54 Å². The Balaban J connectivity index is 1.51. The van der Waals surface area contributed by atoms with Gasteiger partial charge >= 0.3 is 0 Å². The van der Waals surface area contributed by atoms with Crippen LogP contribution in [0.4, 0.5) is 11.8 Å². The minimum atomic E-state index is 0.397. The summed E-state index contributed by atoms with van der Waals surface area (Å²) in [4.78, 5) is 11.5. The Morgan fingerprint density at radius 2 is 1.97 bits per heavy atom. The van der Waals surface area contributed by atoms with Gasteiger partial charge in [-0.2, -0.15) is 9.97 Å². The van der Waals surface area contributed by atoms with Crippen molar-refractivity contribution < 1.29 is 9.15 Å². The molecule has 7 nitrogen and oxygen atoms in total. The highest BCUT2D eigenvalue weighted by Crippen LogP contribution is 2.27. The van der Waals surface area contributed by atoms with Gasteiger partial charge in [-0.05, 0) is 55.2 Å². The number of piperidine rings is 1. The topological polar surface area (TPSA) is 75.5 Å². The molecule has 3 heterocycles. The smallest absolute Gasteiger partial charge is 0.234 e. The number of rotatable bonds is 6. The molecule has 0 spiro atoms. The molecular formula is C22H25N5O2S. The third-order valence-electron chi connectivity index (χ3n) is 4.99. The Morgan fingerprint density at radius 3 is 2.70 bits per heavy atom. The number of nitrogens with one attached hydrogen (secondary N) is 2. The maximum Gasteiger partial charge on any atom is 0.234 e. The molecule has 8 heteroatoms. The first-order valence-corrected chi connectivity index (χ1v) is 10.5. The van der Waals surface area contributed by atoms with Crippen LogP contribution in [0.1, 0.15) is 25.5 Å². The van der Waals surface area contributed by atoms with Crippen LogP contribution in [0.25, 0.3) is 0 Å². The highest BCUT2D eigenvalue weighted by Gasteiger charge is 2.19. The fourth-order valence-corrected chi connectivity index (χ4v) is 3.42. The number of furan rings is 1. The average Bonchev–Trinajstić information content (AvgIpc) is 3.27. The van der Waals surface area contributed by atoms with Crippen LogP contribution in [0.15, 0.2) is 59.2 Å². The Bertz CT molecular complexity index is 957. The zero-order valence-electron chi connectivity index (χ0n) is 16.9. The summed E-state index contributed by atoms with van der Waals surface area (Å²) in [5.74, 6) is 3.96. The molecule has 0 unspecified atom stereocenters. The molecule has 0 aliphatic carbocycles. The Hall–Kier alpha value is -3.13. The van der Waals surface area contributed by atoms with Crippen molar-refractivity contribution in [3.63, 3.8) is 0 Å². The van der Waals surface area contributed by atoms with E-state index in [9.17, 15) is 0 Å². The van der Waals surface area contributed by atoms with E-state index in [1.54, 1.807) is 6.26 Å². The van der Waals surface area contributed by atoms with Crippen molar-refractivity contribution in [2.75, 3.05) is 23.3 Å². The standard InChI is InChI=1S/C22H25N5O2S/c1-16-9-11-27(12-10-16)19-14-20(29-17-6-3-2-4-7-17)25-21(24-19)26-22(30)23-15-18-8-5-13-28-18/h2-8,13-14,16H,9-12,15H2,1H3,(H2,23,24,25,26,30). The van der Waals surface area contributed by atoms with Crippen LogP contribution in [0.3, 0.4) is 0 Å². The molecule has 4 rings (SSSR count). The SMILES string of the molecule is CC1CCN(c2cc(Oc3ccccc3)nc(NC(=S)NCc3ccco3)n2)CC1. The Labute approximate surface area is 181 Å². The Morgan fingerprint density at radius 1 is 1.17 bits per heavy atom. The predicted molar refractivity (Wildman–Crippen MR) is 121 cm³/mol. The van der Waals surface area contributed by atoms with Crippen molar-refractivity contribution in [1.82, 2.24) is 15.3 Å². The summed E-state index contributed by atoms with van der Waals surface area (Å²) in [6.45, 7) is 4.69. The number of benzene rings is 1. The number of aromatic nitrogens is 2. The van der Waals surface area contributed by atoms with Crippen molar-refractivity contribution in [2.24, 2.45) is 5.92 Å². The van der Waals surface area contributed by atoms with Gasteiger partial charge in [-0.15, -0.1) is 0 Å². The van der Waals surface area contributed by atoms with Crippen molar-refractivity contribution in [3.8, 4) is 11.6 Å². The fourth-order valence-electron chi connectivity index (χ4n) is 3.26. The maximum atomic E-state index is 5.98. The average molecular weight is 424 g/mol. The van der Waals surface area contributed by atoms with Crippen LogP contribution in [0.5, 0.6) is 11.6 Å². The molecule has 0 amide bonds. The van der Waals surface area contributed by atoms with E-state index in [-0.39, 0.29) is 0 Å². The van der Waals surface area contributed by atoms with E-state index in [1.165, 1.54) is 0 Å². The normalized spacial score (nSPS) is 14.4. The van der Waals surface area contributed by atoms with Crippen LogP contribution in [0, 0.1) is 5.92 Å². The zero-order valence-corrected chi connectivity index (χ0v) is 17.7. The van der Waals surface area contributed by atoms with Crippen molar-refractivity contribution in [2.45, 2.75) is 26.3 Å². The fraction of sp³-hybridized carbons (Fsp3) is 0.318. The highest BCUT2D eigenvalue weighted by molar-refractivity contribution is 7.80. The summed E-state index contributed by atoms with van der Waals surface area (Å²) in [6, 6.07) is 15.2. The molecule has 0 bridgehead atoms. The van der Waals surface area contributed by atoms with E-state index in [1.807, 2.05) is 48.5 Å². The molecule has 30 heavy (non-hydrogen) atoms. The summed E-state index contributed by atoms with van der Waals surface area (Å²) in [7, 11) is 0. The first-order chi connectivity index (χ1) is 14.7. The third kappa shape index (κ3) is 5.48. The molecular weight excluding hydrogens is 398 g/mol. The summed E-state index contributed by atoms with van der Waals surface area (Å²) < 4.78 is 11.3. The monoisotopic (exact) mass is 423 g/mol. The second-order valence-corrected chi connectivity index (χ2v) is 7.77. The van der Waals surface area contributed by atoms with Crippen molar-refractivity contribution in [1.29, 1.82) is 0 Å². The largest absolute Gasteiger partial charge is 0.467 e. The van der Waals surface area contributed by atoms with Crippen molar-refractivity contribution in [3.05, 3.63) is 60.6 Å². The molecule has 1 aromatic carbocycles. The second-order valence-electron chi connectivity index (χ2n) is 7.36. The van der Waals surface area contributed by atoms with Gasteiger partial charge in [-0.1, -0.05) is 25.1 Å². The maximum absolute atomic E-state index is 5.98. The summed E-state index contributed by atoms with van der Waals surface area (Å²) >= 11 is 5.40. The van der Waals surface area contributed by atoms with E-state index >= 15 is 0 Å². The summed E-state index contributed by atoms with van der Waals surface area (Å²) in [6.07, 6.45) is 3.92. The molecule has 2 aromatic heterocycles. The molecule has 0 atom stereocenters. The first-order valence-electron chi connectivity index (χ1n) is 10.1. The lowest BCUT2D eigenvalue weighted by Gasteiger charge is -2.31. The lowest BCUT2D eigenvalue weighted by molar-refractivity contribution is 0.434. The molecule has 156 valence electrons. The first kappa shape index (κ1) is 20.2. The van der Waals surface area contributed by atoms with E-state index in [4.69, 9.17) is 21.4 Å². The molecule has 1 aliphatic rings. The molecule has 1 saturated heterocycles. The molecule has 3 aromatic rings. The van der Waals surface area contributed by atoms with Gasteiger partial charge in [-0.25, -0.2) is 0 Å². The van der Waals surface area contributed by atoms with Gasteiger partial charge in [0.2, 0.25) is 11.8 Å². The number of para-hydroxylation sites is 1. The third-order valence-corrected chi connectivity index (χ3v) is 5.24. The van der Waals surface area contributed by atoms with Gasteiger partial charge in [0.15, 0.2) is 5.11 Å². The van der Waals surface area contributed by atoms with E-state index in [2.05, 4.69) is 32.4 Å². The minimum Gasteiger partial charge on any atom is -0.467 e. The minimum absolute atomic E-state index is 0.397. The van der Waals surface area contributed by atoms with Crippen LogP contribution >= 0.6 is 12.2 Å². The molecule has 1 aliphatic heterocycles. The van der Waals surface area contributed by atoms with Gasteiger partial charge in [-0.3, -0.25) is 0 Å². The number of nitrogens with zero attached hydrogens (tertiary/aromatic N) is 3. The molecule has 2 N–H and O–H groups in total. The van der Waals surface area contributed by atoms with Gasteiger partial charge in [0, 0.05) is 19.2 Å². The van der Waals surface area contributed by atoms with Crippen LogP contribution in [0.2, 0.25) is 0 Å². The number of anilines is 2. The quantitative estimate of drug-likeness (QED) is 0.558. The number of hydrogen-bond acceptors (Lipinski definition) is 6. The van der Waals surface area contributed by atoms with Gasteiger partial charge in [0.25, 0.3) is 0 Å². The lowest BCUT2D eigenvalue weighted by Crippen LogP contribution is -2.34. The molecule has 0 saturated carbocycles. The number of ether oxygens (including phenoxy) is 1. The van der Waals surface area contributed by atoms with Crippen LogP contribution in [-0.4, -0.2) is 28.2 Å². The summed E-state index contributed by atoms with van der Waals surface area (Å²) in [5, 5.41) is 6.59. The summed E-state index contributed by atoms with van der Waals surface area (Å²) in [5.41, 5.74) is 0. The number of hydrogen-bond donors (Lipinski definition) is 2.